The Morgan fingerprint density at radius 3 is 3.00 bits per heavy atom. The van der Waals surface area contributed by atoms with Crippen LogP contribution >= 0.6 is 15.9 Å². The molecule has 0 amide bonds. The van der Waals surface area contributed by atoms with Gasteiger partial charge >= 0.3 is 0 Å². The van der Waals surface area contributed by atoms with Crippen molar-refractivity contribution in [1.29, 1.82) is 0 Å². The number of ether oxygens (including phenoxy) is 1. The van der Waals surface area contributed by atoms with Crippen molar-refractivity contribution in [3.63, 3.8) is 0 Å². The predicted octanol–water partition coefficient (Wildman–Crippen LogP) is 1.17. The Labute approximate surface area is 69.7 Å². The van der Waals surface area contributed by atoms with Crippen molar-refractivity contribution in [2.75, 3.05) is 18.5 Å². The van der Waals surface area contributed by atoms with Crippen LogP contribution in [0.25, 0.3) is 0 Å². The SMILES string of the molecule is O[C@H](CBr)[C@H]1CCCOC1. The van der Waals surface area contributed by atoms with Gasteiger partial charge < -0.3 is 9.84 Å². The predicted molar refractivity (Wildman–Crippen MR) is 43.3 cm³/mol. The Morgan fingerprint density at radius 1 is 1.70 bits per heavy atom. The van der Waals surface area contributed by atoms with E-state index in [1.807, 2.05) is 0 Å². The monoisotopic (exact) mass is 208 g/mol. The Bertz CT molecular complexity index is 91.6. The van der Waals surface area contributed by atoms with Crippen molar-refractivity contribution in [2.24, 2.45) is 5.92 Å². The summed E-state index contributed by atoms with van der Waals surface area (Å²) < 4.78 is 5.22. The number of hydrogen-bond acceptors (Lipinski definition) is 2. The molecule has 0 spiro atoms. The topological polar surface area (TPSA) is 29.5 Å². The minimum atomic E-state index is -0.222. The van der Waals surface area contributed by atoms with Crippen LogP contribution in [0.5, 0.6) is 0 Å². The summed E-state index contributed by atoms with van der Waals surface area (Å²) in [6.07, 6.45) is 1.97. The van der Waals surface area contributed by atoms with Gasteiger partial charge in [-0.15, -0.1) is 0 Å². The summed E-state index contributed by atoms with van der Waals surface area (Å²) in [5.41, 5.74) is 0. The minimum absolute atomic E-state index is 0.222. The Kier molecular flexibility index (Phi) is 3.66. The van der Waals surface area contributed by atoms with Crippen LogP contribution < -0.4 is 0 Å². The molecule has 1 heterocycles. The maximum absolute atomic E-state index is 9.36. The molecule has 1 saturated heterocycles. The van der Waals surface area contributed by atoms with Gasteiger partial charge in [-0.3, -0.25) is 0 Å². The van der Waals surface area contributed by atoms with Gasteiger partial charge in [-0.05, 0) is 12.8 Å². The van der Waals surface area contributed by atoms with E-state index in [9.17, 15) is 5.11 Å². The first-order chi connectivity index (χ1) is 4.84. The number of hydrogen-bond donors (Lipinski definition) is 1. The highest BCUT2D eigenvalue weighted by Crippen LogP contribution is 2.18. The molecule has 3 heteroatoms. The number of rotatable bonds is 2. The van der Waals surface area contributed by atoms with Gasteiger partial charge in [-0.25, -0.2) is 0 Å². The van der Waals surface area contributed by atoms with Gasteiger partial charge in [0.2, 0.25) is 0 Å². The van der Waals surface area contributed by atoms with E-state index in [4.69, 9.17) is 4.74 Å². The molecule has 10 heavy (non-hydrogen) atoms. The van der Waals surface area contributed by atoms with Gasteiger partial charge in [-0.2, -0.15) is 0 Å². The molecule has 2 nitrogen and oxygen atoms in total. The third-order valence-electron chi connectivity index (χ3n) is 1.90. The lowest BCUT2D eigenvalue weighted by Gasteiger charge is -2.25. The summed E-state index contributed by atoms with van der Waals surface area (Å²) in [6, 6.07) is 0. The first-order valence-corrected chi connectivity index (χ1v) is 4.78. The van der Waals surface area contributed by atoms with E-state index in [-0.39, 0.29) is 6.10 Å². The van der Waals surface area contributed by atoms with Crippen LogP contribution in [-0.4, -0.2) is 29.8 Å². The van der Waals surface area contributed by atoms with Gasteiger partial charge in [0.05, 0.1) is 12.7 Å². The molecular weight excluding hydrogens is 196 g/mol. The summed E-state index contributed by atoms with van der Waals surface area (Å²) in [5, 5.41) is 10.0. The standard InChI is InChI=1S/C7H13BrO2/c8-4-7(9)6-2-1-3-10-5-6/h6-7,9H,1-5H2/t6-,7+/m0/s1. The summed E-state index contributed by atoms with van der Waals surface area (Å²) >= 11 is 3.24. The number of aliphatic hydroxyl groups excluding tert-OH is 1. The highest BCUT2D eigenvalue weighted by Gasteiger charge is 2.20. The third-order valence-corrected chi connectivity index (χ3v) is 2.56. The summed E-state index contributed by atoms with van der Waals surface area (Å²) in [6.45, 7) is 1.60. The van der Waals surface area contributed by atoms with Crippen LogP contribution in [0, 0.1) is 5.92 Å². The molecule has 1 aliphatic heterocycles. The molecule has 0 bridgehead atoms. The average molecular weight is 209 g/mol. The molecule has 2 atom stereocenters. The van der Waals surface area contributed by atoms with E-state index < -0.39 is 0 Å². The zero-order valence-corrected chi connectivity index (χ0v) is 7.51. The first kappa shape index (κ1) is 8.50. The van der Waals surface area contributed by atoms with E-state index in [1.54, 1.807) is 0 Å². The molecule has 0 aliphatic carbocycles. The molecule has 0 radical (unpaired) electrons. The van der Waals surface area contributed by atoms with E-state index >= 15 is 0 Å². The van der Waals surface area contributed by atoms with Crippen molar-refractivity contribution in [3.05, 3.63) is 0 Å². The van der Waals surface area contributed by atoms with Crippen molar-refractivity contribution in [3.8, 4) is 0 Å². The van der Waals surface area contributed by atoms with Gasteiger partial charge in [-0.1, -0.05) is 15.9 Å². The highest BCUT2D eigenvalue weighted by atomic mass is 79.9. The lowest BCUT2D eigenvalue weighted by molar-refractivity contribution is 0.000364. The van der Waals surface area contributed by atoms with Crippen LogP contribution in [0.2, 0.25) is 0 Å². The molecular formula is C7H13BrO2. The fourth-order valence-electron chi connectivity index (χ4n) is 1.20. The molecule has 0 saturated carbocycles. The molecule has 1 N–H and O–H groups in total. The Balaban J connectivity index is 2.24. The lowest BCUT2D eigenvalue weighted by atomic mass is 9.97. The van der Waals surface area contributed by atoms with Crippen LogP contribution in [0.15, 0.2) is 0 Å². The maximum Gasteiger partial charge on any atom is 0.0687 e. The molecule has 1 aliphatic rings. The normalized spacial score (nSPS) is 30.0. The third kappa shape index (κ3) is 2.22. The number of alkyl halides is 1. The molecule has 0 unspecified atom stereocenters. The summed E-state index contributed by atoms with van der Waals surface area (Å²) in [7, 11) is 0. The largest absolute Gasteiger partial charge is 0.392 e. The summed E-state index contributed by atoms with van der Waals surface area (Å²) in [4.78, 5) is 0. The number of halogens is 1. The van der Waals surface area contributed by atoms with Crippen molar-refractivity contribution in [1.82, 2.24) is 0 Å². The molecule has 0 aromatic carbocycles. The quantitative estimate of drug-likeness (QED) is 0.691. The molecule has 1 fully saturated rings. The molecule has 1 rings (SSSR count). The fourth-order valence-corrected chi connectivity index (χ4v) is 1.72. The van der Waals surface area contributed by atoms with Gasteiger partial charge in [0.15, 0.2) is 0 Å². The van der Waals surface area contributed by atoms with Gasteiger partial charge in [0.25, 0.3) is 0 Å². The van der Waals surface area contributed by atoms with Crippen LogP contribution in [0.4, 0.5) is 0 Å². The molecule has 60 valence electrons. The average Bonchev–Trinajstić information content (AvgIpc) is 2.05. The van der Waals surface area contributed by atoms with Gasteiger partial charge in [0, 0.05) is 17.9 Å². The first-order valence-electron chi connectivity index (χ1n) is 3.66. The molecule has 0 aromatic rings. The van der Waals surface area contributed by atoms with Crippen molar-refractivity contribution in [2.45, 2.75) is 18.9 Å². The number of aliphatic hydroxyl groups is 1. The zero-order valence-electron chi connectivity index (χ0n) is 5.92. The zero-order chi connectivity index (χ0) is 7.40. The van der Waals surface area contributed by atoms with E-state index in [0.717, 1.165) is 26.1 Å². The van der Waals surface area contributed by atoms with Crippen LogP contribution in [-0.2, 0) is 4.74 Å². The summed E-state index contributed by atoms with van der Waals surface area (Å²) in [5.74, 6) is 0.355. The second kappa shape index (κ2) is 4.31. The second-order valence-corrected chi connectivity index (χ2v) is 3.35. The van der Waals surface area contributed by atoms with Crippen LogP contribution in [0.1, 0.15) is 12.8 Å². The highest BCUT2D eigenvalue weighted by molar-refractivity contribution is 9.09. The van der Waals surface area contributed by atoms with Gasteiger partial charge in [0.1, 0.15) is 0 Å². The fraction of sp³-hybridized carbons (Fsp3) is 1.00. The van der Waals surface area contributed by atoms with E-state index in [1.165, 1.54) is 0 Å². The Morgan fingerprint density at radius 2 is 2.50 bits per heavy atom. The Hall–Kier alpha value is 0.400. The second-order valence-electron chi connectivity index (χ2n) is 2.70. The molecule has 0 aromatic heterocycles. The lowest BCUT2D eigenvalue weighted by Crippen LogP contribution is -2.29. The minimum Gasteiger partial charge on any atom is -0.392 e. The smallest absolute Gasteiger partial charge is 0.0687 e. The van der Waals surface area contributed by atoms with Crippen molar-refractivity contribution >= 4 is 15.9 Å². The maximum atomic E-state index is 9.36. The van der Waals surface area contributed by atoms with Crippen LogP contribution in [0.3, 0.4) is 0 Å². The van der Waals surface area contributed by atoms with E-state index in [2.05, 4.69) is 15.9 Å². The van der Waals surface area contributed by atoms with E-state index in [0.29, 0.717) is 11.2 Å². The van der Waals surface area contributed by atoms with Crippen molar-refractivity contribution < 1.29 is 9.84 Å².